The number of carbonyl (C=O) groups excluding carboxylic acids is 1. The third-order valence-electron chi connectivity index (χ3n) is 5.06. The van der Waals surface area contributed by atoms with Crippen molar-refractivity contribution in [1.29, 1.82) is 0 Å². The summed E-state index contributed by atoms with van der Waals surface area (Å²) in [5.74, 6) is 1.14. The number of fused-ring (bicyclic) bond motifs is 1. The maximum atomic E-state index is 12.1. The molecule has 5 nitrogen and oxygen atoms in total. The molecule has 0 aliphatic rings. The van der Waals surface area contributed by atoms with E-state index in [-0.39, 0.29) is 12.1 Å². The lowest BCUT2D eigenvalue weighted by Gasteiger charge is -2.09. The Bertz CT molecular complexity index is 1330. The number of benzene rings is 3. The van der Waals surface area contributed by atoms with Crippen molar-refractivity contribution < 1.29 is 18.7 Å². The van der Waals surface area contributed by atoms with Gasteiger partial charge in [-0.2, -0.15) is 0 Å². The first-order chi connectivity index (χ1) is 15.9. The minimum Gasteiger partial charge on any atom is -0.494 e. The highest BCUT2D eigenvalue weighted by atomic mass is 16.5. The van der Waals surface area contributed by atoms with Gasteiger partial charge < -0.3 is 13.9 Å². The van der Waals surface area contributed by atoms with Gasteiger partial charge >= 0.3 is 5.97 Å². The van der Waals surface area contributed by atoms with Gasteiger partial charge in [0.25, 0.3) is 0 Å². The molecule has 0 aliphatic carbocycles. The summed E-state index contributed by atoms with van der Waals surface area (Å²) in [7, 11) is 0. The molecule has 0 spiro atoms. The van der Waals surface area contributed by atoms with E-state index < -0.39 is 0 Å². The van der Waals surface area contributed by atoms with E-state index in [1.165, 1.54) is 5.56 Å². The van der Waals surface area contributed by atoms with Gasteiger partial charge in [0.05, 0.1) is 29.3 Å². The molecule has 0 N–H and O–H groups in total. The Labute approximate surface area is 193 Å². The molecule has 0 radical (unpaired) electrons. The molecule has 1 heterocycles. The Morgan fingerprint density at radius 1 is 0.970 bits per heavy atom. The molecule has 0 amide bonds. The Balaban J connectivity index is 1.82. The molecule has 0 unspecified atom stereocenters. The summed E-state index contributed by atoms with van der Waals surface area (Å²) in [6.07, 6.45) is -0.166. The molecule has 168 valence electrons. The molecule has 0 aliphatic heterocycles. The maximum Gasteiger partial charge on any atom is 0.338 e. The summed E-state index contributed by atoms with van der Waals surface area (Å²) in [5.41, 5.74) is 4.09. The topological polar surface area (TPSA) is 61.0 Å². The van der Waals surface area contributed by atoms with E-state index in [2.05, 4.69) is 19.1 Å². The predicted molar refractivity (Wildman–Crippen MR) is 130 cm³/mol. The average Bonchev–Trinajstić information content (AvgIpc) is 2.80. The molecule has 0 atom stereocenters. The Morgan fingerprint density at radius 2 is 1.70 bits per heavy atom. The van der Waals surface area contributed by atoms with Crippen LogP contribution in [-0.4, -0.2) is 18.7 Å². The summed E-state index contributed by atoms with van der Waals surface area (Å²) in [6, 6.07) is 22.9. The highest BCUT2D eigenvalue weighted by Crippen LogP contribution is 2.26. The fraction of sp³-hybridized carbons (Fsp3) is 0.214. The van der Waals surface area contributed by atoms with Crippen molar-refractivity contribution in [2.75, 3.05) is 6.61 Å². The summed E-state index contributed by atoms with van der Waals surface area (Å²) < 4.78 is 17.2. The van der Waals surface area contributed by atoms with Crippen molar-refractivity contribution in [2.45, 2.75) is 33.8 Å². The summed E-state index contributed by atoms with van der Waals surface area (Å²) >= 11 is 0. The Hall–Kier alpha value is -3.86. The van der Waals surface area contributed by atoms with E-state index in [1.807, 2.05) is 69.3 Å². The SMILES string of the molecule is CCOc1ccc2oc(-c3ccc(C)cc3)cc(=Nc3ccc(C(=O)OC(C)C)cc3)c2c1. The maximum absolute atomic E-state index is 12.1. The number of hydrogen-bond acceptors (Lipinski definition) is 5. The molecule has 0 saturated heterocycles. The van der Waals surface area contributed by atoms with Gasteiger partial charge in [-0.15, -0.1) is 0 Å². The van der Waals surface area contributed by atoms with Gasteiger partial charge in [0.1, 0.15) is 17.1 Å². The Kier molecular flexibility index (Phi) is 6.59. The highest BCUT2D eigenvalue weighted by molar-refractivity contribution is 5.89. The van der Waals surface area contributed by atoms with Crippen molar-refractivity contribution in [3.8, 4) is 17.1 Å². The van der Waals surface area contributed by atoms with E-state index in [9.17, 15) is 4.79 Å². The standard InChI is InChI=1S/C28H27NO4/c1-5-31-23-14-15-26-24(16-23)25(17-27(33-26)20-8-6-19(4)7-9-20)29-22-12-10-21(11-13-22)28(30)32-18(2)3/h6-18H,5H2,1-4H3. The molecule has 5 heteroatoms. The minimum atomic E-state index is -0.344. The molecule has 1 aromatic heterocycles. The average molecular weight is 442 g/mol. The first-order valence-corrected chi connectivity index (χ1v) is 11.1. The molecule has 33 heavy (non-hydrogen) atoms. The summed E-state index contributed by atoms with van der Waals surface area (Å²) in [4.78, 5) is 17.0. The normalized spacial score (nSPS) is 11.7. The van der Waals surface area contributed by atoms with Crippen LogP contribution in [0, 0.1) is 6.92 Å². The van der Waals surface area contributed by atoms with E-state index in [4.69, 9.17) is 18.9 Å². The molecule has 4 rings (SSSR count). The zero-order valence-corrected chi connectivity index (χ0v) is 19.3. The number of hydrogen-bond donors (Lipinski definition) is 0. The minimum absolute atomic E-state index is 0.166. The van der Waals surface area contributed by atoms with E-state index in [1.54, 1.807) is 12.1 Å². The van der Waals surface area contributed by atoms with Crippen molar-refractivity contribution in [3.05, 3.63) is 89.3 Å². The van der Waals surface area contributed by atoms with Gasteiger partial charge in [-0.25, -0.2) is 9.79 Å². The lowest BCUT2D eigenvalue weighted by molar-refractivity contribution is 0.0378. The van der Waals surface area contributed by atoms with Crippen LogP contribution < -0.4 is 10.1 Å². The first kappa shape index (κ1) is 22.3. The fourth-order valence-electron chi connectivity index (χ4n) is 3.45. The van der Waals surface area contributed by atoms with Crippen LogP contribution >= 0.6 is 0 Å². The lowest BCUT2D eigenvalue weighted by atomic mass is 10.1. The van der Waals surface area contributed by atoms with E-state index >= 15 is 0 Å². The molecule has 0 saturated carbocycles. The molecular formula is C28H27NO4. The second-order valence-electron chi connectivity index (χ2n) is 8.07. The number of aryl methyl sites for hydroxylation is 1. The summed E-state index contributed by atoms with van der Waals surface area (Å²) in [5, 5.41) is 1.60. The second kappa shape index (κ2) is 9.74. The van der Waals surface area contributed by atoms with Crippen LogP contribution in [0.3, 0.4) is 0 Å². The van der Waals surface area contributed by atoms with Crippen LogP contribution in [0.15, 0.2) is 82.2 Å². The van der Waals surface area contributed by atoms with Crippen molar-refractivity contribution >= 4 is 22.6 Å². The number of ether oxygens (including phenoxy) is 2. The lowest BCUT2D eigenvalue weighted by Crippen LogP contribution is -2.11. The molecule has 3 aromatic carbocycles. The van der Waals surface area contributed by atoms with Gasteiger partial charge in [-0.1, -0.05) is 29.8 Å². The third-order valence-corrected chi connectivity index (χ3v) is 5.06. The number of rotatable bonds is 6. The first-order valence-electron chi connectivity index (χ1n) is 11.1. The largest absolute Gasteiger partial charge is 0.494 e. The summed E-state index contributed by atoms with van der Waals surface area (Å²) in [6.45, 7) is 8.24. The van der Waals surface area contributed by atoms with Gasteiger partial charge in [-0.05, 0) is 70.2 Å². The second-order valence-corrected chi connectivity index (χ2v) is 8.07. The molecular weight excluding hydrogens is 414 g/mol. The molecule has 0 bridgehead atoms. The highest BCUT2D eigenvalue weighted by Gasteiger charge is 2.10. The van der Waals surface area contributed by atoms with Crippen molar-refractivity contribution in [2.24, 2.45) is 4.99 Å². The number of nitrogens with zero attached hydrogens (tertiary/aromatic N) is 1. The van der Waals surface area contributed by atoms with Crippen molar-refractivity contribution in [1.82, 2.24) is 0 Å². The number of carbonyl (C=O) groups is 1. The van der Waals surface area contributed by atoms with Crippen LogP contribution in [0.5, 0.6) is 5.75 Å². The molecule has 0 fully saturated rings. The smallest absolute Gasteiger partial charge is 0.338 e. The van der Waals surface area contributed by atoms with E-state index in [0.29, 0.717) is 17.8 Å². The number of esters is 1. The van der Waals surface area contributed by atoms with Crippen LogP contribution in [0.25, 0.3) is 22.3 Å². The Morgan fingerprint density at radius 3 is 2.36 bits per heavy atom. The van der Waals surface area contributed by atoms with Crippen LogP contribution in [0.2, 0.25) is 0 Å². The fourth-order valence-corrected chi connectivity index (χ4v) is 3.45. The third kappa shape index (κ3) is 5.32. The van der Waals surface area contributed by atoms with Crippen LogP contribution in [-0.2, 0) is 4.74 Å². The zero-order chi connectivity index (χ0) is 23.4. The van der Waals surface area contributed by atoms with E-state index in [0.717, 1.165) is 33.5 Å². The van der Waals surface area contributed by atoms with Gasteiger partial charge in [-0.3, -0.25) is 0 Å². The van der Waals surface area contributed by atoms with Gasteiger partial charge in [0.15, 0.2) is 0 Å². The van der Waals surface area contributed by atoms with Crippen molar-refractivity contribution in [3.63, 3.8) is 0 Å². The monoisotopic (exact) mass is 441 g/mol. The predicted octanol–water partition coefficient (Wildman–Crippen LogP) is 6.60. The molecule has 4 aromatic rings. The van der Waals surface area contributed by atoms with Gasteiger partial charge in [0, 0.05) is 17.0 Å². The zero-order valence-electron chi connectivity index (χ0n) is 19.3. The van der Waals surface area contributed by atoms with Gasteiger partial charge in [0.2, 0.25) is 0 Å². The van der Waals surface area contributed by atoms with Crippen LogP contribution in [0.1, 0.15) is 36.7 Å². The van der Waals surface area contributed by atoms with Crippen LogP contribution in [0.4, 0.5) is 5.69 Å². The quantitative estimate of drug-likeness (QED) is 0.316.